The number of amides is 2. The van der Waals surface area contributed by atoms with Crippen molar-refractivity contribution in [3.05, 3.63) is 35.9 Å². The SMILES string of the molecule is O=C(NCCCCCCCO)[C@H](Cc1ccccc1)NC(=O)[C@H]1O[C@@H]1C(=O)O. The second-order valence-electron chi connectivity index (χ2n) is 6.85. The molecule has 0 radical (unpaired) electrons. The molecule has 8 nitrogen and oxygen atoms in total. The number of benzene rings is 1. The van der Waals surface area contributed by atoms with Crippen LogP contribution in [0.15, 0.2) is 30.3 Å². The van der Waals surface area contributed by atoms with Crippen LogP contribution in [0.2, 0.25) is 0 Å². The number of rotatable bonds is 13. The molecule has 2 rings (SSSR count). The van der Waals surface area contributed by atoms with Gasteiger partial charge in [-0.05, 0) is 18.4 Å². The molecule has 0 aromatic heterocycles. The summed E-state index contributed by atoms with van der Waals surface area (Å²) in [6, 6.07) is 8.49. The van der Waals surface area contributed by atoms with E-state index in [4.69, 9.17) is 14.9 Å². The molecule has 1 saturated heterocycles. The maximum atomic E-state index is 12.6. The Morgan fingerprint density at radius 3 is 2.32 bits per heavy atom. The quantitative estimate of drug-likeness (QED) is 0.288. The lowest BCUT2D eigenvalue weighted by molar-refractivity contribution is -0.138. The lowest BCUT2D eigenvalue weighted by Gasteiger charge is -2.18. The van der Waals surface area contributed by atoms with E-state index in [1.165, 1.54) is 0 Å². The van der Waals surface area contributed by atoms with Gasteiger partial charge in [-0.2, -0.15) is 0 Å². The fourth-order valence-corrected chi connectivity index (χ4v) is 2.91. The molecular formula is C20H28N2O6. The van der Waals surface area contributed by atoms with Crippen molar-refractivity contribution >= 4 is 17.8 Å². The standard InChI is InChI=1S/C20H28N2O6/c23-12-8-3-1-2-7-11-21-18(24)15(13-14-9-5-4-6-10-14)22-19(25)16-17(28-16)20(26)27/h4-6,9-10,15-17,23H,1-3,7-8,11-13H2,(H,21,24)(H,22,25)(H,26,27)/t15-,16-,17-/m0/s1. The van der Waals surface area contributed by atoms with Crippen LogP contribution >= 0.6 is 0 Å². The number of aliphatic hydroxyl groups excluding tert-OH is 1. The number of carbonyl (C=O) groups excluding carboxylic acids is 2. The Morgan fingerprint density at radius 1 is 1.00 bits per heavy atom. The Balaban J connectivity index is 1.84. The van der Waals surface area contributed by atoms with Gasteiger partial charge in [0.05, 0.1) is 0 Å². The van der Waals surface area contributed by atoms with Crippen LogP contribution in [0.5, 0.6) is 0 Å². The van der Waals surface area contributed by atoms with Crippen LogP contribution < -0.4 is 10.6 Å². The van der Waals surface area contributed by atoms with Crippen LogP contribution in [0.1, 0.15) is 37.7 Å². The number of aliphatic carboxylic acids is 1. The number of epoxide rings is 1. The Kier molecular flexibility index (Phi) is 8.90. The smallest absolute Gasteiger partial charge is 0.336 e. The van der Waals surface area contributed by atoms with E-state index in [9.17, 15) is 14.4 Å². The van der Waals surface area contributed by atoms with Crippen molar-refractivity contribution in [2.24, 2.45) is 0 Å². The van der Waals surface area contributed by atoms with E-state index in [-0.39, 0.29) is 12.5 Å². The number of carbonyl (C=O) groups is 3. The summed E-state index contributed by atoms with van der Waals surface area (Å²) in [4.78, 5) is 35.6. The van der Waals surface area contributed by atoms with Gasteiger partial charge in [-0.25, -0.2) is 4.79 Å². The second-order valence-corrected chi connectivity index (χ2v) is 6.85. The highest BCUT2D eigenvalue weighted by atomic mass is 16.6. The summed E-state index contributed by atoms with van der Waals surface area (Å²) in [5.74, 6) is -2.09. The average molecular weight is 392 g/mol. The average Bonchev–Trinajstić information content (AvgIpc) is 3.49. The van der Waals surface area contributed by atoms with E-state index in [1.807, 2.05) is 30.3 Å². The summed E-state index contributed by atoms with van der Waals surface area (Å²) in [7, 11) is 0. The minimum Gasteiger partial charge on any atom is -0.479 e. The Morgan fingerprint density at radius 2 is 1.68 bits per heavy atom. The lowest BCUT2D eigenvalue weighted by atomic mass is 10.0. The molecule has 28 heavy (non-hydrogen) atoms. The third kappa shape index (κ3) is 7.28. The zero-order chi connectivity index (χ0) is 20.4. The summed E-state index contributed by atoms with van der Waals surface area (Å²) < 4.78 is 4.86. The van der Waals surface area contributed by atoms with Crippen molar-refractivity contribution in [3.63, 3.8) is 0 Å². The summed E-state index contributed by atoms with van der Waals surface area (Å²) in [5.41, 5.74) is 0.887. The Hall–Kier alpha value is -2.45. The molecule has 1 fully saturated rings. The number of ether oxygens (including phenoxy) is 1. The van der Waals surface area contributed by atoms with Gasteiger partial charge in [-0.15, -0.1) is 0 Å². The monoisotopic (exact) mass is 392 g/mol. The predicted octanol–water partition coefficient (Wildman–Crippen LogP) is 0.625. The van der Waals surface area contributed by atoms with E-state index in [2.05, 4.69) is 10.6 Å². The molecule has 2 amide bonds. The van der Waals surface area contributed by atoms with E-state index < -0.39 is 30.1 Å². The van der Waals surface area contributed by atoms with Crippen molar-refractivity contribution in [1.29, 1.82) is 0 Å². The molecule has 1 aliphatic rings. The molecule has 1 heterocycles. The fourth-order valence-electron chi connectivity index (χ4n) is 2.91. The predicted molar refractivity (Wildman–Crippen MR) is 102 cm³/mol. The molecule has 0 unspecified atom stereocenters. The van der Waals surface area contributed by atoms with Crippen LogP contribution in [0.25, 0.3) is 0 Å². The van der Waals surface area contributed by atoms with Gasteiger partial charge >= 0.3 is 5.97 Å². The van der Waals surface area contributed by atoms with Crippen LogP contribution in [-0.4, -0.2) is 59.4 Å². The highest BCUT2D eigenvalue weighted by molar-refractivity contribution is 5.95. The van der Waals surface area contributed by atoms with Crippen LogP contribution in [0, 0.1) is 0 Å². The van der Waals surface area contributed by atoms with Crippen LogP contribution in [0.3, 0.4) is 0 Å². The van der Waals surface area contributed by atoms with Crippen molar-refractivity contribution in [3.8, 4) is 0 Å². The molecule has 0 aliphatic carbocycles. The highest BCUT2D eigenvalue weighted by Crippen LogP contribution is 2.22. The fraction of sp³-hybridized carbons (Fsp3) is 0.550. The number of aliphatic hydroxyl groups is 1. The minimum absolute atomic E-state index is 0.199. The molecule has 0 saturated carbocycles. The Labute approximate surface area is 164 Å². The first-order valence-corrected chi connectivity index (χ1v) is 9.64. The number of nitrogens with one attached hydrogen (secondary N) is 2. The first-order chi connectivity index (χ1) is 13.5. The zero-order valence-corrected chi connectivity index (χ0v) is 15.8. The van der Waals surface area contributed by atoms with Gasteiger partial charge in [-0.3, -0.25) is 9.59 Å². The van der Waals surface area contributed by atoms with Gasteiger partial charge in [-0.1, -0.05) is 49.6 Å². The molecule has 4 N–H and O–H groups in total. The first-order valence-electron chi connectivity index (χ1n) is 9.64. The molecule has 3 atom stereocenters. The molecule has 1 aromatic carbocycles. The molecular weight excluding hydrogens is 364 g/mol. The zero-order valence-electron chi connectivity index (χ0n) is 15.8. The van der Waals surface area contributed by atoms with Gasteiger partial charge in [0.15, 0.2) is 12.2 Å². The molecule has 0 spiro atoms. The van der Waals surface area contributed by atoms with Gasteiger partial charge in [0.2, 0.25) is 5.91 Å². The molecule has 154 valence electrons. The normalized spacial score (nSPS) is 18.9. The maximum Gasteiger partial charge on any atom is 0.336 e. The van der Waals surface area contributed by atoms with Crippen molar-refractivity contribution in [2.45, 2.75) is 56.8 Å². The minimum atomic E-state index is -1.19. The summed E-state index contributed by atoms with van der Waals surface area (Å²) in [6.45, 7) is 0.696. The summed E-state index contributed by atoms with van der Waals surface area (Å²) in [5, 5.41) is 23.1. The molecule has 0 bridgehead atoms. The highest BCUT2D eigenvalue weighted by Gasteiger charge is 2.51. The third-order valence-electron chi connectivity index (χ3n) is 4.54. The van der Waals surface area contributed by atoms with Crippen molar-refractivity contribution in [1.82, 2.24) is 10.6 Å². The van der Waals surface area contributed by atoms with E-state index in [1.54, 1.807) is 0 Å². The van der Waals surface area contributed by atoms with Gasteiger partial charge in [0.1, 0.15) is 6.04 Å². The van der Waals surface area contributed by atoms with E-state index in [0.717, 1.165) is 37.7 Å². The Bertz CT molecular complexity index is 651. The number of carboxylic acid groups (broad SMARTS) is 1. The van der Waals surface area contributed by atoms with Crippen molar-refractivity contribution < 1.29 is 29.3 Å². The summed E-state index contributed by atoms with van der Waals surface area (Å²) in [6.07, 6.45) is 2.63. The molecule has 8 heteroatoms. The van der Waals surface area contributed by atoms with Gasteiger partial charge in [0.25, 0.3) is 5.91 Å². The number of hydrogen-bond acceptors (Lipinski definition) is 5. The van der Waals surface area contributed by atoms with Crippen LogP contribution in [-0.2, 0) is 25.5 Å². The number of hydrogen-bond donors (Lipinski definition) is 4. The second kappa shape index (κ2) is 11.4. The maximum absolute atomic E-state index is 12.6. The van der Waals surface area contributed by atoms with E-state index in [0.29, 0.717) is 13.0 Å². The van der Waals surface area contributed by atoms with Gasteiger partial charge < -0.3 is 25.6 Å². The number of carboxylic acids is 1. The third-order valence-corrected chi connectivity index (χ3v) is 4.54. The first kappa shape index (κ1) is 21.8. The largest absolute Gasteiger partial charge is 0.479 e. The molecule has 1 aliphatic heterocycles. The number of unbranched alkanes of at least 4 members (excludes halogenated alkanes) is 4. The summed E-state index contributed by atoms with van der Waals surface area (Å²) >= 11 is 0. The van der Waals surface area contributed by atoms with Gasteiger partial charge in [0, 0.05) is 19.6 Å². The van der Waals surface area contributed by atoms with E-state index >= 15 is 0 Å². The van der Waals surface area contributed by atoms with Crippen LogP contribution in [0.4, 0.5) is 0 Å². The van der Waals surface area contributed by atoms with Crippen molar-refractivity contribution in [2.75, 3.05) is 13.2 Å². The molecule has 1 aromatic rings. The lowest BCUT2D eigenvalue weighted by Crippen LogP contribution is -2.49. The topological polar surface area (TPSA) is 128 Å².